The summed E-state index contributed by atoms with van der Waals surface area (Å²) >= 11 is 0. The highest BCUT2D eigenvalue weighted by molar-refractivity contribution is 5.90. The molecular weight excluding hydrogens is 352 g/mol. The van der Waals surface area contributed by atoms with Crippen molar-refractivity contribution in [1.82, 2.24) is 0 Å². The molecule has 1 N–H and O–H groups in total. The van der Waals surface area contributed by atoms with E-state index in [-0.39, 0.29) is 24.5 Å². The summed E-state index contributed by atoms with van der Waals surface area (Å²) in [5.41, 5.74) is 3.98. The van der Waals surface area contributed by atoms with Crippen molar-refractivity contribution in [2.75, 3.05) is 18.5 Å². The van der Waals surface area contributed by atoms with Gasteiger partial charge in [-0.25, -0.2) is 4.79 Å². The molecule has 0 radical (unpaired) electrons. The molecule has 0 unspecified atom stereocenters. The van der Waals surface area contributed by atoms with E-state index in [0.29, 0.717) is 23.8 Å². The lowest BCUT2D eigenvalue weighted by atomic mass is 9.76. The van der Waals surface area contributed by atoms with Crippen molar-refractivity contribution in [3.8, 4) is 11.8 Å². The Labute approximate surface area is 164 Å². The van der Waals surface area contributed by atoms with Crippen LogP contribution in [0.3, 0.4) is 0 Å². The number of nitrogens with zero attached hydrogens (tertiary/aromatic N) is 1. The average molecular weight is 374 g/mol. The van der Waals surface area contributed by atoms with Gasteiger partial charge >= 0.3 is 5.97 Å². The number of ether oxygens (including phenoxy) is 2. The molecule has 1 heterocycles. The third-order valence-electron chi connectivity index (χ3n) is 5.42. The lowest BCUT2D eigenvalue weighted by Gasteiger charge is -2.37. The number of hydrogen-bond acceptors (Lipinski definition) is 5. The summed E-state index contributed by atoms with van der Waals surface area (Å²) < 4.78 is 10.5. The zero-order valence-electron chi connectivity index (χ0n) is 15.7. The molecule has 0 saturated carbocycles. The van der Waals surface area contributed by atoms with Gasteiger partial charge in [0.15, 0.2) is 6.61 Å². The molecule has 2 aliphatic rings. The van der Waals surface area contributed by atoms with Gasteiger partial charge in [0.2, 0.25) is 0 Å². The Hall–Kier alpha value is -3.26. The lowest BCUT2D eigenvalue weighted by molar-refractivity contribution is 0.0526. The van der Waals surface area contributed by atoms with Crippen LogP contribution in [0.2, 0.25) is 0 Å². The third-order valence-corrected chi connectivity index (χ3v) is 5.42. The number of carbonyl (C=O) groups is 1. The van der Waals surface area contributed by atoms with Gasteiger partial charge in [-0.1, -0.05) is 24.3 Å². The molecule has 0 spiro atoms. The first-order chi connectivity index (χ1) is 13.7. The van der Waals surface area contributed by atoms with Gasteiger partial charge < -0.3 is 14.8 Å². The van der Waals surface area contributed by atoms with E-state index in [9.17, 15) is 4.79 Å². The first kappa shape index (κ1) is 18.1. The Morgan fingerprint density at radius 2 is 2.07 bits per heavy atom. The molecule has 1 aliphatic carbocycles. The van der Waals surface area contributed by atoms with Gasteiger partial charge in [0, 0.05) is 11.6 Å². The topological polar surface area (TPSA) is 71.3 Å². The van der Waals surface area contributed by atoms with Crippen molar-refractivity contribution in [3.63, 3.8) is 0 Å². The van der Waals surface area contributed by atoms with Crippen LogP contribution >= 0.6 is 0 Å². The third kappa shape index (κ3) is 3.34. The van der Waals surface area contributed by atoms with E-state index in [4.69, 9.17) is 14.7 Å². The minimum atomic E-state index is -0.279. The molecule has 2 aromatic rings. The molecule has 0 aromatic heterocycles. The van der Waals surface area contributed by atoms with Crippen LogP contribution in [0.5, 0.6) is 5.75 Å². The van der Waals surface area contributed by atoms with Crippen molar-refractivity contribution in [3.05, 3.63) is 71.3 Å². The van der Waals surface area contributed by atoms with Crippen molar-refractivity contribution in [2.45, 2.75) is 25.3 Å². The fraction of sp³-hybridized carbons (Fsp3) is 0.304. The SMILES string of the molecule is CCOC(=O)c1ccc2c(c1)[C@@H]1C=CC[C@@H]1[C@H](c1ccc(OCC#N)cc1)N2. The standard InChI is InChI=1S/C23H22N2O3/c1-2-27-23(26)16-8-11-21-20(14-16)18-4-3-5-19(18)22(25-21)15-6-9-17(10-7-15)28-13-12-24/h3-4,6-11,14,18-19,22,25H,2,5,13H2,1H3/t18-,19+,22+/m1/s1. The van der Waals surface area contributed by atoms with Gasteiger partial charge in [-0.15, -0.1) is 0 Å². The van der Waals surface area contributed by atoms with E-state index < -0.39 is 0 Å². The fourth-order valence-corrected chi connectivity index (χ4v) is 4.15. The second-order valence-corrected chi connectivity index (χ2v) is 7.01. The number of esters is 1. The van der Waals surface area contributed by atoms with Gasteiger partial charge in [-0.05, 0) is 60.7 Å². The maximum absolute atomic E-state index is 12.1. The maximum Gasteiger partial charge on any atom is 0.338 e. The van der Waals surface area contributed by atoms with Gasteiger partial charge in [-0.2, -0.15) is 5.26 Å². The fourth-order valence-electron chi connectivity index (χ4n) is 4.15. The number of anilines is 1. The van der Waals surface area contributed by atoms with Crippen LogP contribution in [0.15, 0.2) is 54.6 Å². The first-order valence-electron chi connectivity index (χ1n) is 9.55. The highest BCUT2D eigenvalue weighted by atomic mass is 16.5. The number of rotatable bonds is 5. The van der Waals surface area contributed by atoms with Gasteiger partial charge in [0.25, 0.3) is 0 Å². The zero-order valence-corrected chi connectivity index (χ0v) is 15.7. The number of benzene rings is 2. The Balaban J connectivity index is 1.62. The summed E-state index contributed by atoms with van der Waals surface area (Å²) in [6.45, 7) is 2.23. The number of allylic oxidation sites excluding steroid dienone is 2. The second-order valence-electron chi connectivity index (χ2n) is 7.01. The zero-order chi connectivity index (χ0) is 19.5. The molecule has 0 bridgehead atoms. The molecule has 28 heavy (non-hydrogen) atoms. The lowest BCUT2D eigenvalue weighted by Crippen LogP contribution is -2.29. The van der Waals surface area contributed by atoms with Crippen LogP contribution < -0.4 is 10.1 Å². The Kier molecular flexibility index (Phi) is 5.03. The quantitative estimate of drug-likeness (QED) is 0.612. The number of carbonyl (C=O) groups excluding carboxylic acids is 1. The summed E-state index contributed by atoms with van der Waals surface area (Å²) in [5, 5.41) is 12.3. The van der Waals surface area contributed by atoms with E-state index in [2.05, 4.69) is 29.6 Å². The highest BCUT2D eigenvalue weighted by Gasteiger charge is 2.38. The molecule has 5 nitrogen and oxygen atoms in total. The summed E-state index contributed by atoms with van der Waals surface area (Å²) in [5.74, 6) is 1.07. The molecule has 2 aromatic carbocycles. The Morgan fingerprint density at radius 1 is 1.25 bits per heavy atom. The molecule has 1 aliphatic heterocycles. The van der Waals surface area contributed by atoms with E-state index >= 15 is 0 Å². The predicted octanol–water partition coefficient (Wildman–Crippen LogP) is 4.59. The molecular formula is C23H22N2O3. The monoisotopic (exact) mass is 374 g/mol. The molecule has 0 fully saturated rings. The minimum absolute atomic E-state index is 0.0474. The normalized spacial score (nSPS) is 21.8. The smallest absolute Gasteiger partial charge is 0.338 e. The van der Waals surface area contributed by atoms with Crippen molar-refractivity contribution in [1.29, 1.82) is 5.26 Å². The van der Waals surface area contributed by atoms with Gasteiger partial charge in [-0.3, -0.25) is 0 Å². The van der Waals surface area contributed by atoms with E-state index in [0.717, 1.165) is 17.7 Å². The first-order valence-corrected chi connectivity index (χ1v) is 9.55. The van der Waals surface area contributed by atoms with Crippen LogP contribution in [0.25, 0.3) is 0 Å². The maximum atomic E-state index is 12.1. The predicted molar refractivity (Wildman–Crippen MR) is 106 cm³/mol. The van der Waals surface area contributed by atoms with E-state index in [1.165, 1.54) is 5.56 Å². The molecule has 3 atom stereocenters. The number of hydrogen-bond donors (Lipinski definition) is 1. The summed E-state index contributed by atoms with van der Waals surface area (Å²) in [7, 11) is 0. The summed E-state index contributed by atoms with van der Waals surface area (Å²) in [4.78, 5) is 12.1. The molecule has 0 amide bonds. The second kappa shape index (κ2) is 7.77. The average Bonchev–Trinajstić information content (AvgIpc) is 3.22. The minimum Gasteiger partial charge on any atom is -0.479 e. The van der Waals surface area contributed by atoms with Gasteiger partial charge in [0.1, 0.15) is 11.8 Å². The number of nitriles is 1. The number of fused-ring (bicyclic) bond motifs is 3. The van der Waals surface area contributed by atoms with Crippen molar-refractivity contribution >= 4 is 11.7 Å². The molecule has 5 heteroatoms. The van der Waals surface area contributed by atoms with Crippen LogP contribution in [-0.2, 0) is 4.74 Å². The van der Waals surface area contributed by atoms with Gasteiger partial charge in [0.05, 0.1) is 18.2 Å². The largest absolute Gasteiger partial charge is 0.479 e. The Morgan fingerprint density at radius 3 is 2.82 bits per heavy atom. The van der Waals surface area contributed by atoms with Crippen molar-refractivity contribution < 1.29 is 14.3 Å². The van der Waals surface area contributed by atoms with Crippen LogP contribution in [0.1, 0.15) is 46.8 Å². The molecule has 142 valence electrons. The Bertz CT molecular complexity index is 943. The van der Waals surface area contributed by atoms with Crippen LogP contribution in [0, 0.1) is 17.2 Å². The van der Waals surface area contributed by atoms with Crippen LogP contribution in [0.4, 0.5) is 5.69 Å². The van der Waals surface area contributed by atoms with E-state index in [1.54, 1.807) is 0 Å². The summed E-state index contributed by atoms with van der Waals surface area (Å²) in [6, 6.07) is 15.8. The highest BCUT2D eigenvalue weighted by Crippen LogP contribution is 2.50. The van der Waals surface area contributed by atoms with E-state index in [1.807, 2.05) is 43.3 Å². The van der Waals surface area contributed by atoms with Crippen LogP contribution in [-0.4, -0.2) is 19.2 Å². The summed E-state index contributed by atoms with van der Waals surface area (Å²) in [6.07, 6.45) is 5.45. The number of nitrogens with one attached hydrogen (secondary N) is 1. The molecule has 4 rings (SSSR count). The molecule has 0 saturated heterocycles. The van der Waals surface area contributed by atoms with Crippen molar-refractivity contribution in [2.24, 2.45) is 5.92 Å².